The molecule has 4 heteroatoms. The summed E-state index contributed by atoms with van der Waals surface area (Å²) in [6.45, 7) is 0. The first kappa shape index (κ1) is 12.5. The van der Waals surface area contributed by atoms with Gasteiger partial charge in [-0.05, 0) is 47.7 Å². The smallest absolute Gasteiger partial charge is 0.101 e. The van der Waals surface area contributed by atoms with E-state index in [0.29, 0.717) is 0 Å². The van der Waals surface area contributed by atoms with Crippen LogP contribution in [0.4, 0.5) is 0 Å². The Hall–Kier alpha value is -0.570. The van der Waals surface area contributed by atoms with E-state index < -0.39 is 0 Å². The first-order chi connectivity index (χ1) is 8.66. The normalized spacial score (nSPS) is 17.8. The predicted molar refractivity (Wildman–Crippen MR) is 78.5 cm³/mol. The van der Waals surface area contributed by atoms with E-state index in [1.807, 2.05) is 24.3 Å². The van der Waals surface area contributed by atoms with Crippen molar-refractivity contribution in [2.24, 2.45) is 0 Å². The molecule has 0 spiro atoms. The highest BCUT2D eigenvalue weighted by Gasteiger charge is 2.24. The molecular formula is C14H10BrCl2N. The molecule has 1 nitrogen and oxygen atoms in total. The van der Waals surface area contributed by atoms with Crippen molar-refractivity contribution in [1.29, 1.82) is 0 Å². The van der Waals surface area contributed by atoms with E-state index in [4.69, 9.17) is 23.2 Å². The van der Waals surface area contributed by atoms with E-state index in [2.05, 4.69) is 20.9 Å². The molecule has 0 aliphatic heterocycles. The van der Waals surface area contributed by atoms with Gasteiger partial charge in [0, 0.05) is 15.7 Å². The number of pyridine rings is 1. The Kier molecular flexibility index (Phi) is 3.35. The summed E-state index contributed by atoms with van der Waals surface area (Å²) in [6.07, 6.45) is 3.66. The monoisotopic (exact) mass is 341 g/mol. The second-order valence-electron chi connectivity index (χ2n) is 4.36. The molecule has 3 rings (SSSR count). The van der Waals surface area contributed by atoms with Crippen molar-refractivity contribution in [1.82, 2.24) is 4.98 Å². The molecule has 1 aromatic heterocycles. The Labute approximate surface area is 124 Å². The van der Waals surface area contributed by atoms with Gasteiger partial charge in [-0.25, -0.2) is 0 Å². The number of rotatable bonds is 0. The SMILES string of the molecule is Clc1ccc2c(c1)CCc1c(Br)ccnc1C2Cl. The number of halogens is 3. The summed E-state index contributed by atoms with van der Waals surface area (Å²) in [4.78, 5) is 4.45. The number of aromatic nitrogens is 1. The van der Waals surface area contributed by atoms with Gasteiger partial charge in [0.1, 0.15) is 5.38 Å². The van der Waals surface area contributed by atoms with Crippen LogP contribution in [0, 0.1) is 0 Å². The van der Waals surface area contributed by atoms with Crippen molar-refractivity contribution in [2.45, 2.75) is 18.2 Å². The van der Waals surface area contributed by atoms with Crippen molar-refractivity contribution in [3.8, 4) is 0 Å². The minimum atomic E-state index is -0.202. The molecular weight excluding hydrogens is 333 g/mol. The highest BCUT2D eigenvalue weighted by atomic mass is 79.9. The number of hydrogen-bond donors (Lipinski definition) is 0. The van der Waals surface area contributed by atoms with Crippen LogP contribution >= 0.6 is 39.1 Å². The molecule has 1 aromatic carbocycles. The third-order valence-corrected chi connectivity index (χ3v) is 4.71. The summed E-state index contributed by atoms with van der Waals surface area (Å²) >= 11 is 16.2. The van der Waals surface area contributed by atoms with Crippen molar-refractivity contribution >= 4 is 39.1 Å². The van der Waals surface area contributed by atoms with Crippen molar-refractivity contribution < 1.29 is 0 Å². The molecule has 1 unspecified atom stereocenters. The zero-order valence-electron chi connectivity index (χ0n) is 9.46. The van der Waals surface area contributed by atoms with Crippen LogP contribution in [-0.2, 0) is 12.8 Å². The lowest BCUT2D eigenvalue weighted by Gasteiger charge is -2.13. The lowest BCUT2D eigenvalue weighted by atomic mass is 10.0. The first-order valence-corrected chi connectivity index (χ1v) is 7.33. The van der Waals surface area contributed by atoms with Gasteiger partial charge < -0.3 is 0 Å². The largest absolute Gasteiger partial charge is 0.259 e. The van der Waals surface area contributed by atoms with E-state index in [1.165, 1.54) is 11.1 Å². The molecule has 18 heavy (non-hydrogen) atoms. The second kappa shape index (κ2) is 4.84. The highest BCUT2D eigenvalue weighted by Crippen LogP contribution is 2.38. The third kappa shape index (κ3) is 2.07. The Balaban J connectivity index is 2.18. The average molecular weight is 343 g/mol. The number of benzene rings is 1. The Bertz CT molecular complexity index is 613. The predicted octanol–water partition coefficient (Wildman–Crippen LogP) is 4.92. The van der Waals surface area contributed by atoms with Gasteiger partial charge >= 0.3 is 0 Å². The fourth-order valence-electron chi connectivity index (χ4n) is 2.39. The minimum Gasteiger partial charge on any atom is -0.259 e. The fourth-order valence-corrected chi connectivity index (χ4v) is 3.51. The molecule has 2 aromatic rings. The number of nitrogens with zero attached hydrogens (tertiary/aromatic N) is 1. The number of hydrogen-bond acceptors (Lipinski definition) is 1. The average Bonchev–Trinajstić information content (AvgIpc) is 2.49. The van der Waals surface area contributed by atoms with Crippen molar-refractivity contribution in [3.63, 3.8) is 0 Å². The maximum Gasteiger partial charge on any atom is 0.101 e. The zero-order chi connectivity index (χ0) is 12.7. The summed E-state index contributed by atoms with van der Waals surface area (Å²) in [5.41, 5.74) is 4.48. The molecule has 1 aliphatic carbocycles. The molecule has 0 saturated heterocycles. The summed E-state index contributed by atoms with van der Waals surface area (Å²) in [7, 11) is 0. The second-order valence-corrected chi connectivity index (χ2v) is 6.09. The Morgan fingerprint density at radius 1 is 1.22 bits per heavy atom. The van der Waals surface area contributed by atoms with Crippen LogP contribution in [0.25, 0.3) is 0 Å². The van der Waals surface area contributed by atoms with Crippen molar-refractivity contribution in [3.05, 3.63) is 62.3 Å². The van der Waals surface area contributed by atoms with Gasteiger partial charge in [0.05, 0.1) is 5.69 Å². The quantitative estimate of drug-likeness (QED) is 0.619. The first-order valence-electron chi connectivity index (χ1n) is 5.72. The topological polar surface area (TPSA) is 12.9 Å². The highest BCUT2D eigenvalue weighted by molar-refractivity contribution is 9.10. The molecule has 1 atom stereocenters. The molecule has 0 N–H and O–H groups in total. The van der Waals surface area contributed by atoms with Gasteiger partial charge in [-0.15, -0.1) is 11.6 Å². The maximum absolute atomic E-state index is 6.58. The summed E-state index contributed by atoms with van der Waals surface area (Å²) in [5, 5.41) is 0.558. The lowest BCUT2D eigenvalue weighted by molar-refractivity contribution is 0.942. The van der Waals surface area contributed by atoms with Crippen LogP contribution in [0.3, 0.4) is 0 Å². The Morgan fingerprint density at radius 2 is 2.06 bits per heavy atom. The van der Waals surface area contributed by atoms with E-state index in [-0.39, 0.29) is 5.38 Å². The Morgan fingerprint density at radius 3 is 2.89 bits per heavy atom. The summed E-state index contributed by atoms with van der Waals surface area (Å²) in [6, 6.07) is 7.86. The van der Waals surface area contributed by atoms with E-state index in [1.54, 1.807) is 6.20 Å². The van der Waals surface area contributed by atoms with Gasteiger partial charge in [-0.2, -0.15) is 0 Å². The summed E-state index contributed by atoms with van der Waals surface area (Å²) < 4.78 is 1.08. The van der Waals surface area contributed by atoms with E-state index >= 15 is 0 Å². The molecule has 1 heterocycles. The third-order valence-electron chi connectivity index (χ3n) is 3.29. The van der Waals surface area contributed by atoms with Crippen LogP contribution < -0.4 is 0 Å². The van der Waals surface area contributed by atoms with Crippen molar-refractivity contribution in [2.75, 3.05) is 0 Å². The van der Waals surface area contributed by atoms with Crippen LogP contribution in [0.2, 0.25) is 5.02 Å². The molecule has 0 bridgehead atoms. The molecule has 0 fully saturated rings. The molecule has 1 aliphatic rings. The minimum absolute atomic E-state index is 0.202. The maximum atomic E-state index is 6.58. The lowest BCUT2D eigenvalue weighted by Crippen LogP contribution is -2.00. The van der Waals surface area contributed by atoms with Gasteiger partial charge in [0.25, 0.3) is 0 Å². The number of alkyl halides is 1. The molecule has 92 valence electrons. The number of aryl methyl sites for hydroxylation is 1. The fraction of sp³-hybridized carbons (Fsp3) is 0.214. The van der Waals surface area contributed by atoms with Crippen LogP contribution in [0.15, 0.2) is 34.9 Å². The van der Waals surface area contributed by atoms with Crippen LogP contribution in [0.5, 0.6) is 0 Å². The number of fused-ring (bicyclic) bond motifs is 2. The van der Waals surface area contributed by atoms with Crippen LogP contribution in [-0.4, -0.2) is 4.98 Å². The van der Waals surface area contributed by atoms with E-state index in [9.17, 15) is 0 Å². The van der Waals surface area contributed by atoms with Gasteiger partial charge in [0.2, 0.25) is 0 Å². The summed E-state index contributed by atoms with van der Waals surface area (Å²) in [5.74, 6) is 0. The zero-order valence-corrected chi connectivity index (χ0v) is 12.6. The van der Waals surface area contributed by atoms with Gasteiger partial charge in [-0.1, -0.05) is 33.6 Å². The van der Waals surface area contributed by atoms with Gasteiger partial charge in [-0.3, -0.25) is 4.98 Å². The molecule has 0 saturated carbocycles. The van der Waals surface area contributed by atoms with Gasteiger partial charge in [0.15, 0.2) is 0 Å². The molecule has 0 amide bonds. The van der Waals surface area contributed by atoms with Crippen LogP contribution in [0.1, 0.15) is 27.8 Å². The standard InChI is InChI=1S/C14H10BrCl2N/c15-12-5-6-18-14-11(12)3-1-8-7-9(16)2-4-10(8)13(14)17/h2,4-7,13H,1,3H2. The van der Waals surface area contributed by atoms with E-state index in [0.717, 1.165) is 33.6 Å². The molecule has 0 radical (unpaired) electrons.